The predicted octanol–water partition coefficient (Wildman–Crippen LogP) is 1.11. The van der Waals surface area contributed by atoms with Crippen LogP contribution < -0.4 is 11.1 Å². The third-order valence-electron chi connectivity index (χ3n) is 2.21. The fraction of sp³-hybridized carbons (Fsp3) is 0.400. The van der Waals surface area contributed by atoms with Crippen molar-refractivity contribution in [2.24, 2.45) is 0 Å². The number of aromatic nitrogens is 2. The van der Waals surface area contributed by atoms with Gasteiger partial charge in [0.25, 0.3) is 5.56 Å². The Kier molecular flexibility index (Phi) is 1.86. The molecule has 5 nitrogen and oxygen atoms in total. The number of nitrogens with one attached hydrogen (secondary N) is 2. The molecule has 0 fully saturated rings. The maximum Gasteiger partial charge on any atom is 0.306 e. The summed E-state index contributed by atoms with van der Waals surface area (Å²) >= 11 is 0. The first-order valence-electron chi connectivity index (χ1n) is 4.64. The van der Waals surface area contributed by atoms with Crippen molar-refractivity contribution in [2.75, 3.05) is 0 Å². The van der Waals surface area contributed by atoms with Gasteiger partial charge < -0.3 is 4.42 Å². The van der Waals surface area contributed by atoms with Gasteiger partial charge in [-0.15, -0.1) is 0 Å². The highest BCUT2D eigenvalue weighted by molar-refractivity contribution is 5.75. The van der Waals surface area contributed by atoms with Crippen molar-refractivity contribution in [3.05, 3.63) is 32.5 Å². The number of fused-ring (bicyclic) bond motifs is 1. The molecule has 0 unspecified atom stereocenters. The molecular weight excluding hydrogens is 196 g/mol. The Morgan fingerprint density at radius 2 is 1.73 bits per heavy atom. The number of hydrogen-bond donors (Lipinski definition) is 2. The summed E-state index contributed by atoms with van der Waals surface area (Å²) < 4.78 is 5.38. The van der Waals surface area contributed by atoms with Crippen LogP contribution in [0, 0.1) is 0 Å². The summed E-state index contributed by atoms with van der Waals surface area (Å²) in [6.07, 6.45) is 0. The van der Waals surface area contributed by atoms with E-state index in [1.807, 2.05) is 20.8 Å². The van der Waals surface area contributed by atoms with Gasteiger partial charge >= 0.3 is 5.56 Å². The molecular formula is C10H12N2O3. The van der Waals surface area contributed by atoms with Crippen LogP contribution in [0.25, 0.3) is 11.0 Å². The average Bonchev–Trinajstić information content (AvgIpc) is 2.56. The highest BCUT2D eigenvalue weighted by atomic mass is 16.3. The third-order valence-corrected chi connectivity index (χ3v) is 2.21. The molecule has 0 radical (unpaired) electrons. The van der Waals surface area contributed by atoms with Gasteiger partial charge in [0.2, 0.25) is 5.58 Å². The summed E-state index contributed by atoms with van der Waals surface area (Å²) in [7, 11) is 0. The topological polar surface area (TPSA) is 78.9 Å². The molecule has 0 saturated heterocycles. The lowest BCUT2D eigenvalue weighted by molar-refractivity contribution is 0.428. The number of H-pyrrole nitrogens is 2. The molecule has 0 aliphatic heterocycles. The minimum absolute atomic E-state index is 0.0867. The van der Waals surface area contributed by atoms with Crippen LogP contribution in [0.1, 0.15) is 26.5 Å². The first-order chi connectivity index (χ1) is 6.89. The highest BCUT2D eigenvalue weighted by Crippen LogP contribution is 2.25. The first kappa shape index (κ1) is 9.76. The van der Waals surface area contributed by atoms with E-state index in [9.17, 15) is 9.59 Å². The smallest absolute Gasteiger partial charge is 0.306 e. The molecule has 0 aromatic carbocycles. The summed E-state index contributed by atoms with van der Waals surface area (Å²) in [5.74, 6) is 0.625. The predicted molar refractivity (Wildman–Crippen MR) is 56.2 cm³/mol. The highest BCUT2D eigenvalue weighted by Gasteiger charge is 2.21. The van der Waals surface area contributed by atoms with Crippen LogP contribution in [0.4, 0.5) is 0 Å². The number of aromatic amines is 2. The Hall–Kier alpha value is -1.78. The summed E-state index contributed by atoms with van der Waals surface area (Å²) in [6, 6.07) is 1.61. The van der Waals surface area contributed by atoms with Gasteiger partial charge in [-0.1, -0.05) is 20.8 Å². The molecule has 2 aromatic heterocycles. The number of rotatable bonds is 0. The quantitative estimate of drug-likeness (QED) is 0.680. The van der Waals surface area contributed by atoms with Crippen LogP contribution >= 0.6 is 0 Å². The van der Waals surface area contributed by atoms with Crippen LogP contribution in [0.2, 0.25) is 0 Å². The van der Waals surface area contributed by atoms with Gasteiger partial charge in [-0.3, -0.25) is 19.8 Å². The second-order valence-electron chi connectivity index (χ2n) is 4.51. The number of furan rings is 1. The third kappa shape index (κ3) is 1.49. The molecule has 15 heavy (non-hydrogen) atoms. The Bertz CT molecular complexity index is 563. The van der Waals surface area contributed by atoms with E-state index in [2.05, 4.69) is 10.2 Å². The lowest BCUT2D eigenvalue weighted by Crippen LogP contribution is -2.17. The molecule has 2 aromatic rings. The van der Waals surface area contributed by atoms with E-state index in [0.717, 1.165) is 0 Å². The molecule has 2 N–H and O–H groups in total. The summed E-state index contributed by atoms with van der Waals surface area (Å²) in [5.41, 5.74) is -0.898. The van der Waals surface area contributed by atoms with Crippen LogP contribution in [-0.4, -0.2) is 10.2 Å². The van der Waals surface area contributed by atoms with Crippen molar-refractivity contribution in [1.82, 2.24) is 10.2 Å². The SMILES string of the molecule is CC(C)(C)c1cc2c(=O)[nH][nH]c(=O)c2o1. The second kappa shape index (κ2) is 2.85. The second-order valence-corrected chi connectivity index (χ2v) is 4.51. The Morgan fingerprint density at radius 3 is 2.27 bits per heavy atom. The Labute approximate surface area is 85.1 Å². The molecule has 5 heteroatoms. The van der Waals surface area contributed by atoms with E-state index in [4.69, 9.17) is 4.42 Å². The van der Waals surface area contributed by atoms with E-state index in [1.165, 1.54) is 0 Å². The van der Waals surface area contributed by atoms with Gasteiger partial charge in [-0.05, 0) is 6.07 Å². The maximum atomic E-state index is 11.4. The average molecular weight is 208 g/mol. The summed E-state index contributed by atoms with van der Waals surface area (Å²) in [6.45, 7) is 5.85. The van der Waals surface area contributed by atoms with Gasteiger partial charge in [0.1, 0.15) is 5.76 Å². The zero-order chi connectivity index (χ0) is 11.2. The molecule has 2 heterocycles. The summed E-state index contributed by atoms with van der Waals surface area (Å²) in [5, 5.41) is 4.77. The standard InChI is InChI=1S/C10H12N2O3/c1-10(2,3)6-4-5-7(15-6)9(14)12-11-8(5)13/h4H,1-3H3,(H,11,13)(H,12,14). The van der Waals surface area contributed by atoms with E-state index in [-0.39, 0.29) is 16.6 Å². The lowest BCUT2D eigenvalue weighted by Gasteiger charge is -2.13. The minimum atomic E-state index is -0.417. The van der Waals surface area contributed by atoms with Crippen molar-refractivity contribution in [1.29, 1.82) is 0 Å². The van der Waals surface area contributed by atoms with Gasteiger partial charge in [0, 0.05) is 5.41 Å². The van der Waals surface area contributed by atoms with Crippen LogP contribution in [0.3, 0.4) is 0 Å². The fourth-order valence-electron chi connectivity index (χ4n) is 1.34. The Balaban J connectivity index is 2.88. The minimum Gasteiger partial charge on any atom is -0.454 e. The molecule has 80 valence electrons. The van der Waals surface area contributed by atoms with E-state index >= 15 is 0 Å². The lowest BCUT2D eigenvalue weighted by atomic mass is 9.93. The molecule has 0 amide bonds. The molecule has 0 spiro atoms. The summed E-state index contributed by atoms with van der Waals surface area (Å²) in [4.78, 5) is 22.7. The Morgan fingerprint density at radius 1 is 1.13 bits per heavy atom. The van der Waals surface area contributed by atoms with Crippen molar-refractivity contribution in [3.8, 4) is 0 Å². The largest absolute Gasteiger partial charge is 0.454 e. The normalized spacial score (nSPS) is 12.2. The molecule has 0 bridgehead atoms. The first-order valence-corrected chi connectivity index (χ1v) is 4.64. The van der Waals surface area contributed by atoms with Crippen LogP contribution in [-0.2, 0) is 5.41 Å². The van der Waals surface area contributed by atoms with Gasteiger partial charge in [0.15, 0.2) is 0 Å². The van der Waals surface area contributed by atoms with Crippen molar-refractivity contribution in [3.63, 3.8) is 0 Å². The molecule has 0 atom stereocenters. The van der Waals surface area contributed by atoms with Crippen molar-refractivity contribution >= 4 is 11.0 Å². The van der Waals surface area contributed by atoms with Gasteiger partial charge in [0.05, 0.1) is 5.39 Å². The molecule has 0 saturated carbocycles. The van der Waals surface area contributed by atoms with Gasteiger partial charge in [-0.25, -0.2) is 0 Å². The van der Waals surface area contributed by atoms with Crippen LogP contribution in [0.15, 0.2) is 20.1 Å². The monoisotopic (exact) mass is 208 g/mol. The van der Waals surface area contributed by atoms with E-state index in [1.54, 1.807) is 6.07 Å². The fourth-order valence-corrected chi connectivity index (χ4v) is 1.34. The zero-order valence-electron chi connectivity index (χ0n) is 8.80. The molecule has 0 aliphatic rings. The molecule has 2 rings (SSSR count). The number of hydrogen-bond acceptors (Lipinski definition) is 3. The van der Waals surface area contributed by atoms with Crippen molar-refractivity contribution in [2.45, 2.75) is 26.2 Å². The van der Waals surface area contributed by atoms with Gasteiger partial charge in [-0.2, -0.15) is 0 Å². The van der Waals surface area contributed by atoms with Crippen molar-refractivity contribution < 1.29 is 4.42 Å². The zero-order valence-corrected chi connectivity index (χ0v) is 8.80. The van der Waals surface area contributed by atoms with Crippen LogP contribution in [0.5, 0.6) is 0 Å². The van der Waals surface area contributed by atoms with E-state index < -0.39 is 5.56 Å². The molecule has 0 aliphatic carbocycles. The maximum absolute atomic E-state index is 11.4. The van der Waals surface area contributed by atoms with E-state index in [0.29, 0.717) is 11.1 Å².